The number of benzene rings is 2. The van der Waals surface area contributed by atoms with Gasteiger partial charge in [0.05, 0.1) is 11.9 Å². The molecule has 1 aliphatic heterocycles. The van der Waals surface area contributed by atoms with Gasteiger partial charge in [-0.15, -0.1) is 0 Å². The van der Waals surface area contributed by atoms with Crippen LogP contribution in [0.15, 0.2) is 48.7 Å². The third-order valence-corrected chi connectivity index (χ3v) is 5.89. The second-order valence-electron chi connectivity index (χ2n) is 7.47. The number of fused-ring (bicyclic) bond motifs is 2. The van der Waals surface area contributed by atoms with Crippen molar-refractivity contribution in [3.05, 3.63) is 88.2 Å². The van der Waals surface area contributed by atoms with Gasteiger partial charge in [-0.25, -0.2) is 8.78 Å². The molecule has 5 rings (SSSR count). The summed E-state index contributed by atoms with van der Waals surface area (Å²) in [7, 11) is 0. The molecular weight excluding hydrogens is 346 g/mol. The fraction of sp³-hybridized carbons (Fsp3) is 0.286. The van der Waals surface area contributed by atoms with Gasteiger partial charge in [-0.1, -0.05) is 24.3 Å². The summed E-state index contributed by atoms with van der Waals surface area (Å²) in [6, 6.07) is 11.5. The first-order valence-corrected chi connectivity index (χ1v) is 9.16. The average molecular weight is 366 g/mol. The average Bonchev–Trinajstić information content (AvgIpc) is 3.25. The summed E-state index contributed by atoms with van der Waals surface area (Å²) in [4.78, 5) is 2.37. The highest BCUT2D eigenvalue weighted by molar-refractivity contribution is 5.44. The molecular formula is C21H20F2N4. The van der Waals surface area contributed by atoms with Crippen LogP contribution in [-0.4, -0.2) is 21.1 Å². The zero-order valence-corrected chi connectivity index (χ0v) is 14.7. The first-order valence-electron chi connectivity index (χ1n) is 9.16. The van der Waals surface area contributed by atoms with Crippen LogP contribution in [-0.2, 0) is 13.1 Å². The van der Waals surface area contributed by atoms with Gasteiger partial charge < -0.3 is 5.73 Å². The van der Waals surface area contributed by atoms with Gasteiger partial charge in [0.2, 0.25) is 0 Å². The zero-order chi connectivity index (χ0) is 18.5. The molecule has 3 unspecified atom stereocenters. The smallest absolute Gasteiger partial charge is 0.127 e. The van der Waals surface area contributed by atoms with Crippen LogP contribution in [0, 0.1) is 11.6 Å². The zero-order valence-electron chi connectivity index (χ0n) is 14.7. The summed E-state index contributed by atoms with van der Waals surface area (Å²) in [6.45, 7) is 1.61. The quantitative estimate of drug-likeness (QED) is 0.728. The van der Waals surface area contributed by atoms with Crippen molar-refractivity contribution in [2.75, 3.05) is 0 Å². The van der Waals surface area contributed by atoms with Crippen LogP contribution in [0.3, 0.4) is 0 Å². The molecule has 138 valence electrons. The van der Waals surface area contributed by atoms with Crippen molar-refractivity contribution in [3.8, 4) is 0 Å². The number of halogens is 2. The summed E-state index contributed by atoms with van der Waals surface area (Å²) in [5.74, 6) is -1.20. The first-order chi connectivity index (χ1) is 13.1. The number of nitrogens with one attached hydrogen (secondary N) is 1. The van der Waals surface area contributed by atoms with Gasteiger partial charge >= 0.3 is 0 Å². The molecule has 1 aromatic heterocycles. The molecule has 3 aromatic rings. The summed E-state index contributed by atoms with van der Waals surface area (Å²) >= 11 is 0. The lowest BCUT2D eigenvalue weighted by atomic mass is 9.73. The monoisotopic (exact) mass is 366 g/mol. The van der Waals surface area contributed by atoms with E-state index in [2.05, 4.69) is 21.2 Å². The second kappa shape index (κ2) is 6.25. The molecule has 0 fully saturated rings. The lowest BCUT2D eigenvalue weighted by Gasteiger charge is -2.40. The molecule has 1 aliphatic carbocycles. The van der Waals surface area contributed by atoms with Crippen LogP contribution in [0.25, 0.3) is 0 Å². The molecule has 4 nitrogen and oxygen atoms in total. The molecule has 0 bridgehead atoms. The normalized spacial score (nSPS) is 24.6. The van der Waals surface area contributed by atoms with E-state index in [1.807, 2.05) is 24.4 Å². The summed E-state index contributed by atoms with van der Waals surface area (Å²) in [6.07, 6.45) is 2.56. The number of hydrogen-bond acceptors (Lipinski definition) is 3. The number of aromatic nitrogens is 2. The van der Waals surface area contributed by atoms with E-state index < -0.39 is 11.6 Å². The van der Waals surface area contributed by atoms with E-state index in [0.29, 0.717) is 12.0 Å². The molecule has 2 heterocycles. The molecule has 3 atom stereocenters. The molecule has 3 N–H and O–H groups in total. The molecule has 2 aromatic carbocycles. The van der Waals surface area contributed by atoms with E-state index >= 15 is 0 Å². The van der Waals surface area contributed by atoms with Gasteiger partial charge in [0.1, 0.15) is 11.6 Å². The summed E-state index contributed by atoms with van der Waals surface area (Å²) in [5, 5.41) is 7.15. The van der Waals surface area contributed by atoms with E-state index in [-0.39, 0.29) is 18.0 Å². The third-order valence-electron chi connectivity index (χ3n) is 5.89. The minimum atomic E-state index is -0.441. The Hall–Kier alpha value is -2.57. The molecule has 0 spiro atoms. The largest absolute Gasteiger partial charge is 0.327 e. The van der Waals surface area contributed by atoms with Gasteiger partial charge in [-0.3, -0.25) is 10.00 Å². The lowest BCUT2D eigenvalue weighted by Crippen LogP contribution is -2.40. The number of rotatable bonds is 2. The van der Waals surface area contributed by atoms with Crippen LogP contribution in [0.5, 0.6) is 0 Å². The molecule has 0 amide bonds. The molecule has 6 heteroatoms. The number of H-pyrrole nitrogens is 1. The minimum absolute atomic E-state index is 0.143. The maximum Gasteiger partial charge on any atom is 0.127 e. The highest BCUT2D eigenvalue weighted by atomic mass is 19.1. The van der Waals surface area contributed by atoms with Gasteiger partial charge in [-0.2, -0.15) is 5.10 Å². The summed E-state index contributed by atoms with van der Waals surface area (Å²) in [5.41, 5.74) is 11.4. The van der Waals surface area contributed by atoms with Crippen molar-refractivity contribution in [1.29, 1.82) is 0 Å². The van der Waals surface area contributed by atoms with Gasteiger partial charge in [0.25, 0.3) is 0 Å². The topological polar surface area (TPSA) is 57.9 Å². The Morgan fingerprint density at radius 1 is 1.04 bits per heavy atom. The van der Waals surface area contributed by atoms with Crippen LogP contribution in [0.2, 0.25) is 0 Å². The lowest BCUT2D eigenvalue weighted by molar-refractivity contribution is 0.167. The van der Waals surface area contributed by atoms with Crippen molar-refractivity contribution in [3.63, 3.8) is 0 Å². The van der Waals surface area contributed by atoms with Crippen molar-refractivity contribution in [2.45, 2.75) is 37.5 Å². The number of hydrogen-bond donors (Lipinski definition) is 2. The number of nitrogens with two attached hydrogens (primary N) is 1. The Kier molecular flexibility index (Phi) is 3.84. The van der Waals surface area contributed by atoms with E-state index in [4.69, 9.17) is 5.73 Å². The standard InChI is InChI=1S/C21H20F2N4/c22-13-5-6-17(23)16(7-13)21-15-4-2-1-3-14(15)20(8-18(21)24)27-10-12-9-25-26-19(12)11-27/h1-7,9,18,20-21H,8,10-11,24H2,(H,25,26). The molecule has 0 saturated heterocycles. The minimum Gasteiger partial charge on any atom is -0.327 e. The van der Waals surface area contributed by atoms with Crippen molar-refractivity contribution >= 4 is 0 Å². The van der Waals surface area contributed by atoms with Crippen LogP contribution in [0.1, 0.15) is 46.3 Å². The summed E-state index contributed by atoms with van der Waals surface area (Å²) < 4.78 is 28.3. The number of nitrogens with zero attached hydrogens (tertiary/aromatic N) is 2. The Bertz CT molecular complexity index is 979. The van der Waals surface area contributed by atoms with Crippen molar-refractivity contribution in [1.82, 2.24) is 15.1 Å². The Balaban J connectivity index is 1.56. The van der Waals surface area contributed by atoms with Gasteiger partial charge in [-0.05, 0) is 41.3 Å². The first kappa shape index (κ1) is 16.6. The fourth-order valence-electron chi connectivity index (χ4n) is 4.66. The Morgan fingerprint density at radius 3 is 2.67 bits per heavy atom. The van der Waals surface area contributed by atoms with E-state index in [1.165, 1.54) is 17.7 Å². The third kappa shape index (κ3) is 2.67. The predicted molar refractivity (Wildman–Crippen MR) is 97.8 cm³/mol. The van der Waals surface area contributed by atoms with E-state index in [1.54, 1.807) is 0 Å². The number of aromatic amines is 1. The maximum absolute atomic E-state index is 14.5. The van der Waals surface area contributed by atoms with Crippen molar-refractivity contribution < 1.29 is 8.78 Å². The van der Waals surface area contributed by atoms with Crippen LogP contribution in [0.4, 0.5) is 8.78 Å². The van der Waals surface area contributed by atoms with Crippen LogP contribution >= 0.6 is 0 Å². The highest BCUT2D eigenvalue weighted by Crippen LogP contribution is 2.45. The van der Waals surface area contributed by atoms with Crippen LogP contribution < -0.4 is 5.73 Å². The molecule has 27 heavy (non-hydrogen) atoms. The molecule has 0 radical (unpaired) electrons. The van der Waals surface area contributed by atoms with E-state index in [0.717, 1.165) is 36.0 Å². The van der Waals surface area contributed by atoms with Gasteiger partial charge in [0, 0.05) is 36.7 Å². The predicted octanol–water partition coefficient (Wildman–Crippen LogP) is 3.61. The SMILES string of the molecule is NC1CC(N2Cc3cn[nH]c3C2)c2ccccc2C1c1cc(F)ccc1F. The van der Waals surface area contributed by atoms with Gasteiger partial charge in [0.15, 0.2) is 0 Å². The Labute approximate surface area is 156 Å². The molecule has 2 aliphatic rings. The van der Waals surface area contributed by atoms with E-state index in [9.17, 15) is 8.78 Å². The Morgan fingerprint density at radius 2 is 1.85 bits per heavy atom. The molecule has 0 saturated carbocycles. The maximum atomic E-state index is 14.5. The highest BCUT2D eigenvalue weighted by Gasteiger charge is 2.39. The van der Waals surface area contributed by atoms with Crippen molar-refractivity contribution in [2.24, 2.45) is 5.73 Å². The second-order valence-corrected chi connectivity index (χ2v) is 7.47. The fourth-order valence-corrected chi connectivity index (χ4v) is 4.66.